The van der Waals surface area contributed by atoms with Crippen LogP contribution in [0.2, 0.25) is 0 Å². The summed E-state index contributed by atoms with van der Waals surface area (Å²) in [5.41, 5.74) is 0.196. The first-order valence-electron chi connectivity index (χ1n) is 5.20. The lowest BCUT2D eigenvalue weighted by atomic mass is 9.86. The van der Waals surface area contributed by atoms with E-state index in [-0.39, 0.29) is 5.54 Å². The zero-order valence-corrected chi connectivity index (χ0v) is 7.88. The first-order chi connectivity index (χ1) is 6.20. The highest BCUT2D eigenvalue weighted by Crippen LogP contribution is 2.38. The first kappa shape index (κ1) is 9.00. The van der Waals surface area contributed by atoms with E-state index in [0.29, 0.717) is 12.5 Å². The van der Waals surface area contributed by atoms with Gasteiger partial charge in [0, 0.05) is 18.0 Å². The zero-order chi connectivity index (χ0) is 9.31. The first-order valence-corrected chi connectivity index (χ1v) is 5.20. The predicted molar refractivity (Wildman–Crippen MR) is 49.6 cm³/mol. The lowest BCUT2D eigenvalue weighted by Gasteiger charge is -2.34. The number of nitrogens with one attached hydrogen (secondary N) is 1. The number of hydrogen-bond donors (Lipinski definition) is 2. The molecule has 2 atom stereocenters. The summed E-state index contributed by atoms with van der Waals surface area (Å²) in [5.74, 6) is -0.662. The highest BCUT2D eigenvalue weighted by molar-refractivity contribution is 5.66. The van der Waals surface area contributed by atoms with Gasteiger partial charge < -0.3 is 10.4 Å². The highest BCUT2D eigenvalue weighted by atomic mass is 16.4. The molecule has 2 unspecified atom stereocenters. The van der Waals surface area contributed by atoms with E-state index in [0.717, 1.165) is 6.42 Å². The van der Waals surface area contributed by atoms with Crippen molar-refractivity contribution in [3.8, 4) is 0 Å². The fourth-order valence-electron chi connectivity index (χ4n) is 2.80. The fraction of sp³-hybridized carbons (Fsp3) is 0.900. The Labute approximate surface area is 78.5 Å². The summed E-state index contributed by atoms with van der Waals surface area (Å²) in [5, 5.41) is 12.2. The van der Waals surface area contributed by atoms with Crippen LogP contribution in [0.3, 0.4) is 0 Å². The molecule has 0 spiro atoms. The Hall–Kier alpha value is -0.570. The van der Waals surface area contributed by atoms with Gasteiger partial charge in [-0.1, -0.05) is 6.42 Å². The number of hydrogen-bond acceptors (Lipinski definition) is 2. The van der Waals surface area contributed by atoms with Crippen molar-refractivity contribution in [3.63, 3.8) is 0 Å². The van der Waals surface area contributed by atoms with Gasteiger partial charge in [0.2, 0.25) is 0 Å². The van der Waals surface area contributed by atoms with Crippen LogP contribution in [0.4, 0.5) is 0 Å². The average Bonchev–Trinajstić information content (AvgIpc) is 2.40. The Morgan fingerprint density at radius 3 is 3.08 bits per heavy atom. The lowest BCUT2D eigenvalue weighted by Crippen LogP contribution is -2.46. The van der Waals surface area contributed by atoms with Gasteiger partial charge in [0.25, 0.3) is 0 Å². The highest BCUT2D eigenvalue weighted by Gasteiger charge is 2.40. The molecule has 0 aromatic heterocycles. The molecule has 2 N–H and O–H groups in total. The second-order valence-electron chi connectivity index (χ2n) is 4.45. The predicted octanol–water partition coefficient (Wildman–Crippen LogP) is 1.53. The van der Waals surface area contributed by atoms with E-state index in [1.54, 1.807) is 0 Å². The smallest absolute Gasteiger partial charge is 0.303 e. The zero-order valence-electron chi connectivity index (χ0n) is 7.88. The third-order valence-corrected chi connectivity index (χ3v) is 3.51. The molecule has 13 heavy (non-hydrogen) atoms. The molecule has 0 radical (unpaired) electrons. The molecule has 0 aromatic rings. The van der Waals surface area contributed by atoms with Crippen LogP contribution in [-0.4, -0.2) is 22.7 Å². The quantitative estimate of drug-likeness (QED) is 0.697. The Morgan fingerprint density at radius 2 is 2.31 bits per heavy atom. The molecule has 3 nitrogen and oxygen atoms in total. The van der Waals surface area contributed by atoms with E-state index in [4.69, 9.17) is 5.11 Å². The van der Waals surface area contributed by atoms with Crippen molar-refractivity contribution in [2.24, 2.45) is 0 Å². The monoisotopic (exact) mass is 183 g/mol. The van der Waals surface area contributed by atoms with E-state index in [9.17, 15) is 4.79 Å². The van der Waals surface area contributed by atoms with Crippen LogP contribution >= 0.6 is 0 Å². The average molecular weight is 183 g/mol. The van der Waals surface area contributed by atoms with Crippen LogP contribution in [0, 0.1) is 0 Å². The number of fused-ring (bicyclic) bond motifs is 2. The number of aliphatic carboxylic acids is 1. The van der Waals surface area contributed by atoms with Gasteiger partial charge in [-0.25, -0.2) is 0 Å². The fourth-order valence-corrected chi connectivity index (χ4v) is 2.80. The molecule has 3 heteroatoms. The van der Waals surface area contributed by atoms with Crippen molar-refractivity contribution in [1.29, 1.82) is 0 Å². The third-order valence-electron chi connectivity index (χ3n) is 3.51. The molecule has 2 fully saturated rings. The van der Waals surface area contributed by atoms with Crippen molar-refractivity contribution < 1.29 is 9.90 Å². The van der Waals surface area contributed by atoms with Crippen molar-refractivity contribution >= 4 is 5.97 Å². The third kappa shape index (κ3) is 1.85. The second kappa shape index (κ2) is 3.29. The van der Waals surface area contributed by atoms with Gasteiger partial charge in [-0.15, -0.1) is 0 Å². The molecule has 2 aliphatic heterocycles. The molecule has 74 valence electrons. The molecular formula is C10H17NO2. The Morgan fingerprint density at radius 1 is 1.46 bits per heavy atom. The summed E-state index contributed by atoms with van der Waals surface area (Å²) >= 11 is 0. The Bertz CT molecular complexity index is 213. The molecule has 2 rings (SSSR count). The standard InChI is InChI=1S/C10H17NO2/c12-9(13)4-7-10-5-1-2-8(11-10)3-6-10/h8,11H,1-7H2,(H,12,13). The van der Waals surface area contributed by atoms with Crippen LogP contribution in [0.1, 0.15) is 44.9 Å². The Balaban J connectivity index is 1.92. The summed E-state index contributed by atoms with van der Waals surface area (Å²) in [6.07, 6.45) is 7.31. The van der Waals surface area contributed by atoms with Gasteiger partial charge in [0.1, 0.15) is 0 Å². The van der Waals surface area contributed by atoms with Gasteiger partial charge in [-0.05, 0) is 32.1 Å². The van der Waals surface area contributed by atoms with E-state index < -0.39 is 5.97 Å². The molecule has 2 aliphatic rings. The largest absolute Gasteiger partial charge is 0.481 e. The van der Waals surface area contributed by atoms with E-state index in [2.05, 4.69) is 5.32 Å². The minimum Gasteiger partial charge on any atom is -0.481 e. The van der Waals surface area contributed by atoms with Crippen molar-refractivity contribution in [2.75, 3.05) is 0 Å². The van der Waals surface area contributed by atoms with E-state index in [1.807, 2.05) is 0 Å². The minimum atomic E-state index is -0.662. The SMILES string of the molecule is O=C(O)CCC12CCCC(CC1)N2. The summed E-state index contributed by atoms with van der Waals surface area (Å²) in [7, 11) is 0. The number of carboxylic acid groups (broad SMARTS) is 1. The Kier molecular flexibility index (Phi) is 2.28. The maximum atomic E-state index is 10.5. The molecular weight excluding hydrogens is 166 g/mol. The van der Waals surface area contributed by atoms with Crippen LogP contribution < -0.4 is 5.32 Å². The van der Waals surface area contributed by atoms with Gasteiger partial charge >= 0.3 is 5.97 Å². The molecule has 0 saturated carbocycles. The molecule has 0 amide bonds. The van der Waals surface area contributed by atoms with Gasteiger partial charge in [-0.3, -0.25) is 4.79 Å². The summed E-state index contributed by atoms with van der Waals surface area (Å²) < 4.78 is 0. The number of piperidine rings is 1. The lowest BCUT2D eigenvalue weighted by molar-refractivity contribution is -0.137. The van der Waals surface area contributed by atoms with E-state index in [1.165, 1.54) is 32.1 Å². The molecule has 0 aliphatic carbocycles. The van der Waals surface area contributed by atoms with Gasteiger partial charge in [0.15, 0.2) is 0 Å². The summed E-state index contributed by atoms with van der Waals surface area (Å²) in [4.78, 5) is 10.5. The van der Waals surface area contributed by atoms with Crippen LogP contribution in [0.25, 0.3) is 0 Å². The minimum absolute atomic E-state index is 0.196. The van der Waals surface area contributed by atoms with Crippen molar-refractivity contribution in [1.82, 2.24) is 5.32 Å². The topological polar surface area (TPSA) is 49.3 Å². The summed E-state index contributed by atoms with van der Waals surface area (Å²) in [6.45, 7) is 0. The molecule has 2 heterocycles. The molecule has 0 aromatic carbocycles. The number of carbonyl (C=O) groups is 1. The van der Waals surface area contributed by atoms with E-state index >= 15 is 0 Å². The van der Waals surface area contributed by atoms with Gasteiger partial charge in [0.05, 0.1) is 0 Å². The van der Waals surface area contributed by atoms with Crippen molar-refractivity contribution in [3.05, 3.63) is 0 Å². The normalized spacial score (nSPS) is 37.7. The molecule has 2 bridgehead atoms. The van der Waals surface area contributed by atoms with Gasteiger partial charge in [-0.2, -0.15) is 0 Å². The number of rotatable bonds is 3. The van der Waals surface area contributed by atoms with Crippen LogP contribution in [-0.2, 0) is 4.79 Å². The van der Waals surface area contributed by atoms with Crippen LogP contribution in [0.15, 0.2) is 0 Å². The maximum Gasteiger partial charge on any atom is 0.303 e. The number of carboxylic acids is 1. The second-order valence-corrected chi connectivity index (χ2v) is 4.45. The maximum absolute atomic E-state index is 10.5. The van der Waals surface area contributed by atoms with Crippen LogP contribution in [0.5, 0.6) is 0 Å². The summed E-state index contributed by atoms with van der Waals surface area (Å²) in [6, 6.07) is 0.683. The van der Waals surface area contributed by atoms with Crippen molar-refractivity contribution in [2.45, 2.75) is 56.5 Å². The molecule has 2 saturated heterocycles.